The molecule has 0 N–H and O–H groups in total. The van der Waals surface area contributed by atoms with Crippen molar-refractivity contribution in [2.45, 2.75) is 0 Å². The Labute approximate surface area is 305 Å². The van der Waals surface area contributed by atoms with Crippen molar-refractivity contribution < 1.29 is 0 Å². The van der Waals surface area contributed by atoms with Crippen molar-refractivity contribution in [1.82, 2.24) is 14.1 Å². The van der Waals surface area contributed by atoms with Gasteiger partial charge >= 0.3 is 0 Å². The van der Waals surface area contributed by atoms with E-state index in [1.807, 2.05) is 0 Å². The highest BCUT2D eigenvalue weighted by Crippen LogP contribution is 2.44. The van der Waals surface area contributed by atoms with Crippen molar-refractivity contribution >= 4 is 88.3 Å². The van der Waals surface area contributed by atoms with Crippen molar-refractivity contribution in [3.05, 3.63) is 170 Å². The monoisotopic (exact) mass is 669 g/mol. The van der Waals surface area contributed by atoms with Crippen LogP contribution in [0.4, 0.5) is 0 Å². The number of fused-ring (bicyclic) bond motifs is 13. The van der Waals surface area contributed by atoms with Gasteiger partial charge < -0.3 is 4.57 Å². The van der Waals surface area contributed by atoms with Crippen LogP contribution in [-0.2, 0) is 0 Å². The normalized spacial score (nSPS) is 12.9. The van der Waals surface area contributed by atoms with Gasteiger partial charge in [-0.3, -0.25) is 4.57 Å². The zero-order valence-electron chi connectivity index (χ0n) is 28.6. The van der Waals surface area contributed by atoms with Crippen molar-refractivity contribution in [2.24, 2.45) is 0 Å². The third-order valence-electron chi connectivity index (χ3n) is 12.0. The number of aromatic nitrogens is 3. The summed E-state index contributed by atoms with van der Waals surface area (Å²) in [5.41, 5.74) is 14.8. The van der Waals surface area contributed by atoms with Crippen LogP contribution in [0.3, 0.4) is 0 Å². The quantitative estimate of drug-likeness (QED) is 0.168. The first-order chi connectivity index (χ1) is 26.3. The molecule has 2 aliphatic rings. The predicted octanol–water partition coefficient (Wildman–Crippen LogP) is 10.1. The van der Waals surface area contributed by atoms with Gasteiger partial charge in [0.2, 0.25) is 0 Å². The summed E-state index contributed by atoms with van der Waals surface area (Å²) < 4.78 is 5.09. The fourth-order valence-corrected chi connectivity index (χ4v) is 9.94. The van der Waals surface area contributed by atoms with E-state index in [1.54, 1.807) is 0 Å². The Morgan fingerprint density at radius 1 is 0.415 bits per heavy atom. The molecule has 0 amide bonds. The third-order valence-corrected chi connectivity index (χ3v) is 12.0. The van der Waals surface area contributed by atoms with Gasteiger partial charge in [-0.25, -0.2) is 4.98 Å². The van der Waals surface area contributed by atoms with Crippen LogP contribution < -0.4 is 16.4 Å². The zero-order chi connectivity index (χ0) is 34.4. The Kier molecular flexibility index (Phi) is 5.19. The highest BCUT2D eigenvalue weighted by molar-refractivity contribution is 7.01. The van der Waals surface area contributed by atoms with Gasteiger partial charge in [0.05, 0.1) is 22.1 Å². The van der Waals surface area contributed by atoms with E-state index in [2.05, 4.69) is 179 Å². The molecular formula is C49H28BN3. The molecule has 4 heteroatoms. The number of hydrogen-bond donors (Lipinski definition) is 0. The van der Waals surface area contributed by atoms with E-state index < -0.39 is 0 Å². The van der Waals surface area contributed by atoms with E-state index in [-0.39, 0.29) is 6.71 Å². The second-order valence-corrected chi connectivity index (χ2v) is 14.7. The highest BCUT2D eigenvalue weighted by Gasteiger charge is 2.43. The van der Waals surface area contributed by atoms with Crippen LogP contribution in [-0.4, -0.2) is 20.8 Å². The van der Waals surface area contributed by atoms with Crippen molar-refractivity contribution in [3.63, 3.8) is 0 Å². The lowest BCUT2D eigenvalue weighted by Gasteiger charge is -2.35. The molecule has 0 fully saturated rings. The van der Waals surface area contributed by atoms with Gasteiger partial charge in [0.1, 0.15) is 5.82 Å². The minimum Gasteiger partial charge on any atom is -0.310 e. The third kappa shape index (κ3) is 3.48. The number of hydrogen-bond acceptors (Lipinski definition) is 1. The van der Waals surface area contributed by atoms with Crippen molar-refractivity contribution in [1.29, 1.82) is 0 Å². The SMILES string of the molecule is c1ccc(-c2cc3c4c(c2)-n2c5ccc6ccccc6c5c5c6ccccc6cc(c52)B4c2c4ccccc4cc4nc(-c5ccccc5)n-3c24)cc1. The lowest BCUT2D eigenvalue weighted by atomic mass is 9.33. The minimum absolute atomic E-state index is 0.00132. The Morgan fingerprint density at radius 3 is 1.77 bits per heavy atom. The summed E-state index contributed by atoms with van der Waals surface area (Å²) in [6.45, 7) is 0.00132. The van der Waals surface area contributed by atoms with Crippen LogP contribution in [0.15, 0.2) is 170 Å². The summed E-state index contributed by atoms with van der Waals surface area (Å²) in [6, 6.07) is 62.7. The fraction of sp³-hybridized carbons (Fsp3) is 0. The summed E-state index contributed by atoms with van der Waals surface area (Å²) in [4.78, 5) is 5.50. The van der Waals surface area contributed by atoms with Gasteiger partial charge in [-0.05, 0) is 84.1 Å². The molecule has 2 aromatic heterocycles. The predicted molar refractivity (Wildman–Crippen MR) is 223 cm³/mol. The van der Waals surface area contributed by atoms with Crippen molar-refractivity contribution in [2.75, 3.05) is 0 Å². The molecule has 11 aromatic rings. The Morgan fingerprint density at radius 2 is 1.02 bits per heavy atom. The van der Waals surface area contributed by atoms with Crippen LogP contribution in [0.2, 0.25) is 0 Å². The van der Waals surface area contributed by atoms with E-state index in [0.717, 1.165) is 16.9 Å². The molecule has 0 aliphatic carbocycles. The topological polar surface area (TPSA) is 22.8 Å². The van der Waals surface area contributed by atoms with E-state index in [1.165, 1.54) is 98.5 Å². The first kappa shape index (κ1) is 27.8. The molecule has 2 aliphatic heterocycles. The molecule has 4 heterocycles. The number of benzene rings is 9. The second kappa shape index (κ2) is 9.90. The molecule has 9 aromatic carbocycles. The first-order valence-electron chi connectivity index (χ1n) is 18.4. The first-order valence-corrected chi connectivity index (χ1v) is 18.4. The maximum absolute atomic E-state index is 5.50. The van der Waals surface area contributed by atoms with E-state index in [4.69, 9.17) is 4.98 Å². The molecule has 0 bridgehead atoms. The smallest absolute Gasteiger partial charge is 0.253 e. The average molecular weight is 670 g/mol. The molecule has 0 radical (unpaired) electrons. The van der Waals surface area contributed by atoms with Gasteiger partial charge in [0.15, 0.2) is 0 Å². The summed E-state index contributed by atoms with van der Waals surface area (Å²) in [6.07, 6.45) is 0. The highest BCUT2D eigenvalue weighted by atomic mass is 15.1. The minimum atomic E-state index is 0.00132. The summed E-state index contributed by atoms with van der Waals surface area (Å²) in [5.74, 6) is 0.973. The Bertz CT molecular complexity index is 3390. The Balaban J connectivity index is 1.32. The van der Waals surface area contributed by atoms with Crippen LogP contribution >= 0.6 is 0 Å². The van der Waals surface area contributed by atoms with Crippen LogP contribution in [0, 0.1) is 0 Å². The number of rotatable bonds is 2. The van der Waals surface area contributed by atoms with Gasteiger partial charge in [-0.1, -0.05) is 146 Å². The summed E-state index contributed by atoms with van der Waals surface area (Å²) in [7, 11) is 0. The summed E-state index contributed by atoms with van der Waals surface area (Å²) >= 11 is 0. The number of nitrogens with zero attached hydrogens (tertiary/aromatic N) is 3. The largest absolute Gasteiger partial charge is 0.310 e. The fourth-order valence-electron chi connectivity index (χ4n) is 9.94. The molecule has 0 saturated heterocycles. The maximum atomic E-state index is 5.50. The number of imidazole rings is 1. The van der Waals surface area contributed by atoms with E-state index in [9.17, 15) is 0 Å². The van der Waals surface area contributed by atoms with Gasteiger partial charge in [0.25, 0.3) is 6.71 Å². The molecule has 13 rings (SSSR count). The molecule has 242 valence electrons. The van der Waals surface area contributed by atoms with E-state index >= 15 is 0 Å². The molecule has 53 heavy (non-hydrogen) atoms. The van der Waals surface area contributed by atoms with Crippen LogP contribution in [0.25, 0.3) is 99.0 Å². The Hall–Kier alpha value is -6.91. The van der Waals surface area contributed by atoms with Gasteiger partial charge in [0, 0.05) is 27.7 Å². The second-order valence-electron chi connectivity index (χ2n) is 14.7. The molecular weight excluding hydrogens is 641 g/mol. The van der Waals surface area contributed by atoms with Gasteiger partial charge in [-0.2, -0.15) is 0 Å². The molecule has 0 atom stereocenters. The van der Waals surface area contributed by atoms with Crippen molar-refractivity contribution in [3.8, 4) is 33.9 Å². The molecule has 0 spiro atoms. The average Bonchev–Trinajstić information content (AvgIpc) is 3.79. The lowest BCUT2D eigenvalue weighted by Crippen LogP contribution is -2.59. The maximum Gasteiger partial charge on any atom is 0.253 e. The zero-order valence-corrected chi connectivity index (χ0v) is 28.6. The molecule has 3 nitrogen and oxygen atoms in total. The standard InChI is InChI=1S/C49H28BN3/c1-3-13-29(14-4-1)34-27-41-46-42(28-34)53-48-39(51-49(53)31-16-5-2-6-17-31)26-33-19-9-12-22-37(33)45(48)50(46)38-25-32-18-8-11-21-36(32)44-43-35-20-10-7-15-30(35)23-24-40(43)52(41)47(38)44/h1-28H. The molecule has 0 saturated carbocycles. The van der Waals surface area contributed by atoms with E-state index in [0.29, 0.717) is 0 Å². The summed E-state index contributed by atoms with van der Waals surface area (Å²) in [5, 5.41) is 10.3. The van der Waals surface area contributed by atoms with Gasteiger partial charge in [-0.15, -0.1) is 0 Å². The van der Waals surface area contributed by atoms with Crippen LogP contribution in [0.5, 0.6) is 0 Å². The van der Waals surface area contributed by atoms with Crippen LogP contribution in [0.1, 0.15) is 0 Å². The molecule has 0 unspecified atom stereocenters. The lowest BCUT2D eigenvalue weighted by molar-refractivity contribution is 1.09.